The molecule has 0 aliphatic rings. The largest absolute Gasteiger partial charge is 0.446 e. The third-order valence-electron chi connectivity index (χ3n) is 1.99. The Morgan fingerprint density at radius 3 is 2.86 bits per heavy atom. The van der Waals surface area contributed by atoms with Crippen LogP contribution in [-0.2, 0) is 12.8 Å². The molecule has 0 aromatic carbocycles. The zero-order valence-electron chi connectivity index (χ0n) is 9.34. The van der Waals surface area contributed by atoms with E-state index in [0.717, 1.165) is 37.5 Å². The van der Waals surface area contributed by atoms with Crippen LogP contribution >= 0.6 is 0 Å². The Labute approximate surface area is 85.9 Å². The lowest BCUT2D eigenvalue weighted by Gasteiger charge is -2.05. The van der Waals surface area contributed by atoms with Crippen LogP contribution in [-0.4, -0.2) is 17.6 Å². The molecule has 14 heavy (non-hydrogen) atoms. The van der Waals surface area contributed by atoms with Crippen LogP contribution in [0.1, 0.15) is 38.8 Å². The van der Waals surface area contributed by atoms with Gasteiger partial charge in [0.2, 0.25) is 0 Å². The first-order chi connectivity index (χ1) is 6.72. The molecule has 0 amide bonds. The normalized spacial score (nSPS) is 11.1. The first kappa shape index (κ1) is 11.2. The summed E-state index contributed by atoms with van der Waals surface area (Å²) in [5.74, 6) is 1.86. The summed E-state index contributed by atoms with van der Waals surface area (Å²) in [6, 6.07) is 0.528. The Morgan fingerprint density at radius 2 is 2.21 bits per heavy atom. The molecule has 1 aromatic rings. The number of nitrogens with one attached hydrogen (secondary N) is 1. The van der Waals surface area contributed by atoms with Gasteiger partial charge in [-0.15, -0.1) is 0 Å². The molecule has 1 rings (SSSR count). The monoisotopic (exact) mass is 196 g/mol. The number of rotatable bonds is 6. The van der Waals surface area contributed by atoms with Gasteiger partial charge >= 0.3 is 0 Å². The van der Waals surface area contributed by atoms with Crippen molar-refractivity contribution in [2.24, 2.45) is 0 Å². The van der Waals surface area contributed by atoms with Crippen LogP contribution in [0.4, 0.5) is 0 Å². The molecule has 1 aromatic heterocycles. The van der Waals surface area contributed by atoms with Crippen LogP contribution in [0.5, 0.6) is 0 Å². The van der Waals surface area contributed by atoms with E-state index in [4.69, 9.17) is 4.42 Å². The molecule has 0 radical (unpaired) electrons. The molecule has 0 fully saturated rings. The lowest BCUT2D eigenvalue weighted by Crippen LogP contribution is -2.24. The second-order valence-electron chi connectivity index (χ2n) is 3.83. The molecule has 0 saturated carbocycles. The fraction of sp³-hybridized carbons (Fsp3) is 0.727. The van der Waals surface area contributed by atoms with E-state index in [1.54, 1.807) is 0 Å². The predicted octanol–water partition coefficient (Wildman–Crippen LogP) is 2.17. The van der Waals surface area contributed by atoms with Gasteiger partial charge in [0, 0.05) is 25.4 Å². The van der Waals surface area contributed by atoms with Crippen molar-refractivity contribution in [1.82, 2.24) is 10.3 Å². The summed E-state index contributed by atoms with van der Waals surface area (Å²) in [6.07, 6.45) is 4.82. The highest BCUT2D eigenvalue weighted by Gasteiger charge is 2.02. The van der Waals surface area contributed by atoms with E-state index in [9.17, 15) is 0 Å². The average Bonchev–Trinajstić information content (AvgIpc) is 2.53. The van der Waals surface area contributed by atoms with Crippen molar-refractivity contribution in [2.75, 3.05) is 6.54 Å². The van der Waals surface area contributed by atoms with Gasteiger partial charge in [0.1, 0.15) is 5.76 Å². The van der Waals surface area contributed by atoms with Gasteiger partial charge in [0.25, 0.3) is 0 Å². The van der Waals surface area contributed by atoms with Crippen molar-refractivity contribution < 1.29 is 4.42 Å². The average molecular weight is 196 g/mol. The van der Waals surface area contributed by atoms with Crippen LogP contribution in [0.25, 0.3) is 0 Å². The Bertz CT molecular complexity index is 256. The molecule has 1 N–H and O–H groups in total. The van der Waals surface area contributed by atoms with E-state index in [1.807, 2.05) is 6.20 Å². The minimum absolute atomic E-state index is 0.528. The van der Waals surface area contributed by atoms with E-state index >= 15 is 0 Å². The van der Waals surface area contributed by atoms with Crippen molar-refractivity contribution >= 4 is 0 Å². The maximum absolute atomic E-state index is 5.55. The maximum Gasteiger partial charge on any atom is 0.195 e. The summed E-state index contributed by atoms with van der Waals surface area (Å²) < 4.78 is 5.55. The van der Waals surface area contributed by atoms with Gasteiger partial charge in [-0.05, 0) is 6.42 Å². The summed E-state index contributed by atoms with van der Waals surface area (Å²) in [4.78, 5) is 4.22. The van der Waals surface area contributed by atoms with E-state index in [2.05, 4.69) is 31.1 Å². The topological polar surface area (TPSA) is 38.1 Å². The molecule has 0 atom stereocenters. The van der Waals surface area contributed by atoms with Crippen molar-refractivity contribution in [3.05, 3.63) is 17.8 Å². The lowest BCUT2D eigenvalue weighted by molar-refractivity contribution is 0.442. The summed E-state index contributed by atoms with van der Waals surface area (Å²) in [5.41, 5.74) is 0. The molecule has 0 aliphatic heterocycles. The molecule has 0 unspecified atom stereocenters. The first-order valence-electron chi connectivity index (χ1n) is 5.39. The first-order valence-corrected chi connectivity index (χ1v) is 5.39. The number of hydrogen-bond acceptors (Lipinski definition) is 3. The van der Waals surface area contributed by atoms with Crippen LogP contribution in [0.3, 0.4) is 0 Å². The number of aromatic nitrogens is 1. The van der Waals surface area contributed by atoms with Crippen LogP contribution in [0, 0.1) is 0 Å². The highest BCUT2D eigenvalue weighted by Crippen LogP contribution is 2.06. The molecular formula is C11H20N2O. The van der Waals surface area contributed by atoms with Crippen molar-refractivity contribution in [3.63, 3.8) is 0 Å². The quantitative estimate of drug-likeness (QED) is 0.757. The zero-order chi connectivity index (χ0) is 10.4. The SMILES string of the molecule is CCCc1cnc(CCNC(C)C)o1. The summed E-state index contributed by atoms with van der Waals surface area (Å²) in [6.45, 7) is 7.35. The number of nitrogens with zero attached hydrogens (tertiary/aromatic N) is 1. The minimum Gasteiger partial charge on any atom is -0.446 e. The van der Waals surface area contributed by atoms with Crippen molar-refractivity contribution in [1.29, 1.82) is 0 Å². The Morgan fingerprint density at radius 1 is 1.43 bits per heavy atom. The fourth-order valence-corrected chi connectivity index (χ4v) is 1.29. The van der Waals surface area contributed by atoms with Crippen LogP contribution in [0.15, 0.2) is 10.6 Å². The third-order valence-corrected chi connectivity index (χ3v) is 1.99. The zero-order valence-corrected chi connectivity index (χ0v) is 9.34. The van der Waals surface area contributed by atoms with Crippen LogP contribution in [0.2, 0.25) is 0 Å². The van der Waals surface area contributed by atoms with Crippen molar-refractivity contribution in [3.8, 4) is 0 Å². The molecule has 3 heteroatoms. The molecule has 0 spiro atoms. The molecule has 0 bridgehead atoms. The predicted molar refractivity (Wildman–Crippen MR) is 57.3 cm³/mol. The van der Waals surface area contributed by atoms with E-state index in [0.29, 0.717) is 6.04 Å². The Hall–Kier alpha value is -0.830. The second kappa shape index (κ2) is 5.81. The number of aryl methyl sites for hydroxylation is 1. The fourth-order valence-electron chi connectivity index (χ4n) is 1.29. The van der Waals surface area contributed by atoms with Gasteiger partial charge in [0.15, 0.2) is 5.89 Å². The molecule has 1 heterocycles. The summed E-state index contributed by atoms with van der Waals surface area (Å²) in [5, 5.41) is 3.34. The van der Waals surface area contributed by atoms with E-state index < -0.39 is 0 Å². The number of hydrogen-bond donors (Lipinski definition) is 1. The van der Waals surface area contributed by atoms with Crippen LogP contribution < -0.4 is 5.32 Å². The summed E-state index contributed by atoms with van der Waals surface area (Å²) in [7, 11) is 0. The smallest absolute Gasteiger partial charge is 0.195 e. The second-order valence-corrected chi connectivity index (χ2v) is 3.83. The van der Waals surface area contributed by atoms with Gasteiger partial charge in [0.05, 0.1) is 6.20 Å². The maximum atomic E-state index is 5.55. The van der Waals surface area contributed by atoms with Gasteiger partial charge in [-0.1, -0.05) is 20.8 Å². The van der Waals surface area contributed by atoms with Gasteiger partial charge in [-0.3, -0.25) is 0 Å². The molecule has 0 saturated heterocycles. The lowest BCUT2D eigenvalue weighted by atomic mass is 10.3. The standard InChI is InChI=1S/C11H20N2O/c1-4-5-10-8-13-11(14-10)6-7-12-9(2)3/h8-9,12H,4-7H2,1-3H3. The molecule has 0 aliphatic carbocycles. The Balaban J connectivity index is 2.28. The third kappa shape index (κ3) is 3.92. The molecule has 3 nitrogen and oxygen atoms in total. The molecule has 80 valence electrons. The number of oxazole rings is 1. The molecular weight excluding hydrogens is 176 g/mol. The van der Waals surface area contributed by atoms with Gasteiger partial charge in [-0.2, -0.15) is 0 Å². The van der Waals surface area contributed by atoms with Gasteiger partial charge in [-0.25, -0.2) is 4.98 Å². The summed E-state index contributed by atoms with van der Waals surface area (Å²) >= 11 is 0. The van der Waals surface area contributed by atoms with E-state index in [1.165, 1.54) is 0 Å². The van der Waals surface area contributed by atoms with Crippen molar-refractivity contribution in [2.45, 2.75) is 46.1 Å². The van der Waals surface area contributed by atoms with Gasteiger partial charge < -0.3 is 9.73 Å². The van der Waals surface area contributed by atoms with E-state index in [-0.39, 0.29) is 0 Å². The minimum atomic E-state index is 0.528. The highest BCUT2D eigenvalue weighted by atomic mass is 16.4. The Kier molecular flexibility index (Phi) is 4.66. The highest BCUT2D eigenvalue weighted by molar-refractivity contribution is 4.94.